The molecule has 14 heavy (non-hydrogen) atoms. The summed E-state index contributed by atoms with van der Waals surface area (Å²) < 4.78 is 23.8. The summed E-state index contributed by atoms with van der Waals surface area (Å²) in [5, 5.41) is 0. The average Bonchev–Trinajstić information content (AvgIpc) is 2.13. The van der Waals surface area contributed by atoms with Crippen molar-refractivity contribution < 1.29 is 18.3 Å². The molecule has 0 aliphatic heterocycles. The summed E-state index contributed by atoms with van der Waals surface area (Å²) >= 11 is -1.81. The van der Waals surface area contributed by atoms with E-state index in [1.165, 1.54) is 0 Å². The average molecular weight is 222 g/mol. The SMILES string of the molecule is CCC(CC)OC(=O)CCCS(=O)O. The van der Waals surface area contributed by atoms with E-state index in [1.54, 1.807) is 0 Å². The van der Waals surface area contributed by atoms with Crippen LogP contribution in [0.25, 0.3) is 0 Å². The third-order valence-electron chi connectivity index (χ3n) is 1.91. The van der Waals surface area contributed by atoms with Crippen LogP contribution < -0.4 is 0 Å². The number of esters is 1. The van der Waals surface area contributed by atoms with E-state index in [9.17, 15) is 9.00 Å². The lowest BCUT2D eigenvalue weighted by Gasteiger charge is -2.13. The maximum absolute atomic E-state index is 11.1. The van der Waals surface area contributed by atoms with Crippen molar-refractivity contribution in [2.45, 2.75) is 45.6 Å². The van der Waals surface area contributed by atoms with Gasteiger partial charge in [-0.1, -0.05) is 13.8 Å². The van der Waals surface area contributed by atoms with Crippen molar-refractivity contribution in [3.8, 4) is 0 Å². The Bertz CT molecular complexity index is 189. The Morgan fingerprint density at radius 1 is 1.43 bits per heavy atom. The Hall–Kier alpha value is -0.420. The molecule has 0 bridgehead atoms. The summed E-state index contributed by atoms with van der Waals surface area (Å²) in [6.07, 6.45) is 2.25. The minimum absolute atomic E-state index is 0.0119. The molecule has 0 amide bonds. The van der Waals surface area contributed by atoms with Gasteiger partial charge in [0.25, 0.3) is 0 Å². The van der Waals surface area contributed by atoms with Gasteiger partial charge in [0.1, 0.15) is 6.10 Å². The van der Waals surface area contributed by atoms with Gasteiger partial charge < -0.3 is 9.29 Å². The van der Waals surface area contributed by atoms with Crippen LogP contribution >= 0.6 is 0 Å². The van der Waals surface area contributed by atoms with Gasteiger partial charge >= 0.3 is 5.97 Å². The minimum Gasteiger partial charge on any atom is -0.462 e. The molecule has 0 spiro atoms. The van der Waals surface area contributed by atoms with Crippen LogP contribution in [0.4, 0.5) is 0 Å². The maximum Gasteiger partial charge on any atom is 0.306 e. The number of ether oxygens (including phenoxy) is 1. The van der Waals surface area contributed by atoms with Crippen LogP contribution in [0.3, 0.4) is 0 Å². The van der Waals surface area contributed by atoms with Gasteiger partial charge in [0.05, 0.1) is 0 Å². The quantitative estimate of drug-likeness (QED) is 0.526. The topological polar surface area (TPSA) is 63.6 Å². The number of hydrogen-bond donors (Lipinski definition) is 1. The van der Waals surface area contributed by atoms with Crippen molar-refractivity contribution in [1.82, 2.24) is 0 Å². The Morgan fingerprint density at radius 3 is 2.43 bits per heavy atom. The highest BCUT2D eigenvalue weighted by Gasteiger charge is 2.10. The smallest absolute Gasteiger partial charge is 0.306 e. The lowest BCUT2D eigenvalue weighted by molar-refractivity contribution is -0.149. The Kier molecular flexibility index (Phi) is 7.70. The highest BCUT2D eigenvalue weighted by molar-refractivity contribution is 7.79. The van der Waals surface area contributed by atoms with E-state index in [4.69, 9.17) is 9.29 Å². The summed E-state index contributed by atoms with van der Waals surface area (Å²) in [7, 11) is 0. The molecule has 1 atom stereocenters. The number of carbonyl (C=O) groups excluding carboxylic acids is 1. The molecule has 84 valence electrons. The van der Waals surface area contributed by atoms with Crippen LogP contribution in [0.1, 0.15) is 39.5 Å². The van der Waals surface area contributed by atoms with E-state index in [1.807, 2.05) is 13.8 Å². The van der Waals surface area contributed by atoms with Crippen LogP contribution in [-0.4, -0.2) is 26.6 Å². The largest absolute Gasteiger partial charge is 0.462 e. The van der Waals surface area contributed by atoms with Crippen LogP contribution in [-0.2, 0) is 20.6 Å². The zero-order valence-electron chi connectivity index (χ0n) is 8.69. The third-order valence-corrected chi connectivity index (χ3v) is 2.55. The molecular formula is C9H18O4S. The van der Waals surface area contributed by atoms with Gasteiger partial charge in [0.15, 0.2) is 11.1 Å². The molecule has 0 aromatic rings. The molecule has 1 unspecified atom stereocenters. The summed E-state index contributed by atoms with van der Waals surface area (Å²) in [6.45, 7) is 3.93. The standard InChI is InChI=1S/C9H18O4S/c1-3-8(4-2)13-9(10)6-5-7-14(11)12/h8H,3-7H2,1-2H3,(H,11,12). The van der Waals surface area contributed by atoms with Crippen molar-refractivity contribution >= 4 is 17.0 Å². The fourth-order valence-electron chi connectivity index (χ4n) is 1.04. The molecule has 0 aromatic heterocycles. The summed E-state index contributed by atoms with van der Waals surface area (Å²) in [6, 6.07) is 0. The highest BCUT2D eigenvalue weighted by Crippen LogP contribution is 2.05. The first-order valence-corrected chi connectivity index (χ1v) is 6.14. The lowest BCUT2D eigenvalue weighted by atomic mass is 10.2. The summed E-state index contributed by atoms with van der Waals surface area (Å²) in [5.74, 6) is -0.137. The Balaban J connectivity index is 3.59. The molecule has 0 fully saturated rings. The van der Waals surface area contributed by atoms with Crippen molar-refractivity contribution in [2.75, 3.05) is 5.75 Å². The molecule has 5 heteroatoms. The highest BCUT2D eigenvalue weighted by atomic mass is 32.2. The van der Waals surface area contributed by atoms with Crippen molar-refractivity contribution in [2.24, 2.45) is 0 Å². The number of hydrogen-bond acceptors (Lipinski definition) is 3. The normalized spacial score (nSPS) is 12.9. The predicted molar refractivity (Wildman–Crippen MR) is 55.3 cm³/mol. The molecule has 1 N–H and O–H groups in total. The molecule has 0 aliphatic rings. The third kappa shape index (κ3) is 7.03. The predicted octanol–water partition coefficient (Wildman–Crippen LogP) is 1.72. The lowest BCUT2D eigenvalue weighted by Crippen LogP contribution is -2.16. The van der Waals surface area contributed by atoms with Gasteiger partial charge in [-0.15, -0.1) is 0 Å². The fraction of sp³-hybridized carbons (Fsp3) is 0.889. The maximum atomic E-state index is 11.1. The molecule has 0 aliphatic carbocycles. The van der Waals surface area contributed by atoms with Gasteiger partial charge in [0.2, 0.25) is 0 Å². The summed E-state index contributed by atoms with van der Waals surface area (Å²) in [5.41, 5.74) is 0. The van der Waals surface area contributed by atoms with Crippen molar-refractivity contribution in [1.29, 1.82) is 0 Å². The van der Waals surface area contributed by atoms with Gasteiger partial charge in [-0.3, -0.25) is 4.79 Å². The van der Waals surface area contributed by atoms with E-state index in [0.29, 0.717) is 6.42 Å². The first-order chi connectivity index (χ1) is 6.60. The van der Waals surface area contributed by atoms with Crippen molar-refractivity contribution in [3.63, 3.8) is 0 Å². The second-order valence-corrected chi connectivity index (χ2v) is 4.11. The van der Waals surface area contributed by atoms with Gasteiger partial charge in [-0.25, -0.2) is 4.21 Å². The summed E-state index contributed by atoms with van der Waals surface area (Å²) in [4.78, 5) is 11.1. The van der Waals surface area contributed by atoms with E-state index in [-0.39, 0.29) is 24.2 Å². The number of rotatable bonds is 7. The van der Waals surface area contributed by atoms with Gasteiger partial charge in [0, 0.05) is 12.2 Å². The van der Waals surface area contributed by atoms with E-state index >= 15 is 0 Å². The second-order valence-electron chi connectivity index (χ2n) is 3.06. The van der Waals surface area contributed by atoms with Crippen LogP contribution in [0, 0.1) is 0 Å². The minimum atomic E-state index is -1.81. The molecule has 0 rings (SSSR count). The van der Waals surface area contributed by atoms with E-state index < -0.39 is 11.1 Å². The fourth-order valence-corrected chi connectivity index (χ4v) is 1.43. The van der Waals surface area contributed by atoms with E-state index in [2.05, 4.69) is 0 Å². The van der Waals surface area contributed by atoms with Gasteiger partial charge in [-0.05, 0) is 19.3 Å². The van der Waals surface area contributed by atoms with Crippen LogP contribution in [0.5, 0.6) is 0 Å². The molecule has 0 aromatic carbocycles. The molecule has 0 heterocycles. The van der Waals surface area contributed by atoms with Crippen LogP contribution in [0.15, 0.2) is 0 Å². The second kappa shape index (κ2) is 7.94. The van der Waals surface area contributed by atoms with E-state index in [0.717, 1.165) is 12.8 Å². The molecule has 0 saturated carbocycles. The molecule has 0 saturated heterocycles. The molecule has 0 radical (unpaired) electrons. The van der Waals surface area contributed by atoms with Gasteiger partial charge in [-0.2, -0.15) is 0 Å². The first kappa shape index (κ1) is 13.6. The Morgan fingerprint density at radius 2 is 2.00 bits per heavy atom. The number of carbonyl (C=O) groups is 1. The molecular weight excluding hydrogens is 204 g/mol. The molecule has 4 nitrogen and oxygen atoms in total. The zero-order chi connectivity index (χ0) is 11.0. The van der Waals surface area contributed by atoms with Crippen LogP contribution in [0.2, 0.25) is 0 Å². The first-order valence-electron chi connectivity index (χ1n) is 4.87. The Labute approximate surface area is 87.3 Å². The van der Waals surface area contributed by atoms with Crippen molar-refractivity contribution in [3.05, 3.63) is 0 Å². The zero-order valence-corrected chi connectivity index (χ0v) is 9.51. The monoisotopic (exact) mass is 222 g/mol.